The van der Waals surface area contributed by atoms with Crippen molar-refractivity contribution in [2.24, 2.45) is 5.73 Å². The number of primary amides is 1. The molecule has 4 heteroatoms. The number of nitrogens with zero attached hydrogens (tertiary/aromatic N) is 1. The third kappa shape index (κ3) is 2.14. The summed E-state index contributed by atoms with van der Waals surface area (Å²) in [5.41, 5.74) is 8.44. The van der Waals surface area contributed by atoms with Crippen LogP contribution in [-0.2, 0) is 21.6 Å². The van der Waals surface area contributed by atoms with Gasteiger partial charge in [-0.1, -0.05) is 18.2 Å². The van der Waals surface area contributed by atoms with E-state index in [0.717, 1.165) is 12.1 Å². The van der Waals surface area contributed by atoms with Crippen LogP contribution in [0.5, 0.6) is 0 Å². The number of fused-ring (bicyclic) bond motifs is 3. The first-order valence-electron chi connectivity index (χ1n) is 7.48. The molecular formula is C17H22N2O2. The maximum atomic E-state index is 11.5. The molecule has 1 aliphatic rings. The molecule has 1 amide bonds. The molecule has 1 aromatic heterocycles. The first-order valence-corrected chi connectivity index (χ1v) is 7.48. The van der Waals surface area contributed by atoms with Gasteiger partial charge in [0.15, 0.2) is 0 Å². The van der Waals surface area contributed by atoms with Crippen molar-refractivity contribution in [2.75, 3.05) is 6.61 Å². The average Bonchev–Trinajstić information content (AvgIpc) is 2.74. The Morgan fingerprint density at radius 1 is 1.43 bits per heavy atom. The maximum absolute atomic E-state index is 11.5. The molecule has 0 bridgehead atoms. The molecule has 1 aromatic carbocycles. The molecule has 0 saturated heterocycles. The average molecular weight is 286 g/mol. The summed E-state index contributed by atoms with van der Waals surface area (Å²) in [5, 5.41) is 1.26. The van der Waals surface area contributed by atoms with Crippen LogP contribution < -0.4 is 5.73 Å². The standard InChI is InChI=1S/C17H22N2O2/c1-11(2)19-14-7-5-4-6-12(14)13-8-9-21-17(3,16(13)19)10-15(18)20/h4-7,11H,8-10H2,1-3H3,(H2,18,20). The topological polar surface area (TPSA) is 57.2 Å². The fourth-order valence-electron chi connectivity index (χ4n) is 3.61. The Balaban J connectivity index is 2.33. The number of hydrogen-bond donors (Lipinski definition) is 1. The molecular weight excluding hydrogens is 264 g/mol. The minimum Gasteiger partial charge on any atom is -0.370 e. The number of rotatable bonds is 3. The van der Waals surface area contributed by atoms with Crippen molar-refractivity contribution in [3.63, 3.8) is 0 Å². The second kappa shape index (κ2) is 4.88. The molecule has 1 aliphatic heterocycles. The van der Waals surface area contributed by atoms with Gasteiger partial charge in [-0.2, -0.15) is 0 Å². The van der Waals surface area contributed by atoms with E-state index in [0.29, 0.717) is 12.6 Å². The van der Waals surface area contributed by atoms with E-state index >= 15 is 0 Å². The molecule has 112 valence electrons. The molecule has 21 heavy (non-hydrogen) atoms. The minimum absolute atomic E-state index is 0.211. The summed E-state index contributed by atoms with van der Waals surface area (Å²) < 4.78 is 8.30. The van der Waals surface area contributed by atoms with E-state index < -0.39 is 5.60 Å². The van der Waals surface area contributed by atoms with E-state index in [1.807, 2.05) is 6.92 Å². The Bertz CT molecular complexity index is 702. The number of ether oxygens (including phenoxy) is 1. The van der Waals surface area contributed by atoms with Gasteiger partial charge in [-0.15, -0.1) is 0 Å². The van der Waals surface area contributed by atoms with E-state index in [2.05, 4.69) is 42.7 Å². The third-order valence-electron chi connectivity index (χ3n) is 4.32. The zero-order valence-corrected chi connectivity index (χ0v) is 12.8. The molecule has 3 rings (SSSR count). The largest absolute Gasteiger partial charge is 0.370 e. The molecule has 2 heterocycles. The summed E-state index contributed by atoms with van der Waals surface area (Å²) in [6, 6.07) is 8.71. The van der Waals surface area contributed by atoms with Crippen LogP contribution in [0.25, 0.3) is 10.9 Å². The van der Waals surface area contributed by atoms with Crippen molar-refractivity contribution in [3.8, 4) is 0 Å². The molecule has 1 atom stereocenters. The fourth-order valence-corrected chi connectivity index (χ4v) is 3.61. The second-order valence-corrected chi connectivity index (χ2v) is 6.28. The summed E-state index contributed by atoms with van der Waals surface area (Å²) in [6.45, 7) is 6.93. The highest BCUT2D eigenvalue weighted by Gasteiger charge is 2.39. The lowest BCUT2D eigenvalue weighted by molar-refractivity contribution is -0.127. The summed E-state index contributed by atoms with van der Waals surface area (Å²) in [4.78, 5) is 11.5. The van der Waals surface area contributed by atoms with E-state index in [-0.39, 0.29) is 12.3 Å². The van der Waals surface area contributed by atoms with Gasteiger partial charge in [0.05, 0.1) is 18.7 Å². The van der Waals surface area contributed by atoms with E-state index in [1.165, 1.54) is 16.5 Å². The lowest BCUT2D eigenvalue weighted by Crippen LogP contribution is -2.38. The van der Waals surface area contributed by atoms with Crippen molar-refractivity contribution in [1.82, 2.24) is 4.57 Å². The number of nitrogens with two attached hydrogens (primary N) is 1. The summed E-state index contributed by atoms with van der Waals surface area (Å²) in [7, 11) is 0. The van der Waals surface area contributed by atoms with E-state index in [1.54, 1.807) is 0 Å². The van der Waals surface area contributed by atoms with Crippen LogP contribution >= 0.6 is 0 Å². The number of carbonyl (C=O) groups excluding carboxylic acids is 1. The molecule has 4 nitrogen and oxygen atoms in total. The zero-order valence-electron chi connectivity index (χ0n) is 12.8. The highest BCUT2D eigenvalue weighted by atomic mass is 16.5. The summed E-state index contributed by atoms with van der Waals surface area (Å²) in [6.07, 6.45) is 1.09. The van der Waals surface area contributed by atoms with Crippen molar-refractivity contribution < 1.29 is 9.53 Å². The maximum Gasteiger partial charge on any atom is 0.220 e. The van der Waals surface area contributed by atoms with Crippen LogP contribution in [0, 0.1) is 0 Å². The van der Waals surface area contributed by atoms with Gasteiger partial charge in [0.25, 0.3) is 0 Å². The van der Waals surface area contributed by atoms with Crippen LogP contribution in [0.1, 0.15) is 44.5 Å². The number of amides is 1. The SMILES string of the molecule is CC(C)n1c2c(c3ccccc31)CCOC2(C)CC(N)=O. The van der Waals surface area contributed by atoms with Crippen molar-refractivity contribution in [2.45, 2.75) is 45.3 Å². The fraction of sp³-hybridized carbons (Fsp3) is 0.471. The highest BCUT2D eigenvalue weighted by molar-refractivity contribution is 5.87. The van der Waals surface area contributed by atoms with Crippen LogP contribution in [0.4, 0.5) is 0 Å². The van der Waals surface area contributed by atoms with Crippen molar-refractivity contribution >= 4 is 16.8 Å². The van der Waals surface area contributed by atoms with Crippen molar-refractivity contribution in [3.05, 3.63) is 35.5 Å². The molecule has 0 radical (unpaired) electrons. The molecule has 0 saturated carbocycles. The molecule has 0 spiro atoms. The van der Waals surface area contributed by atoms with Crippen LogP contribution in [-0.4, -0.2) is 17.1 Å². The van der Waals surface area contributed by atoms with Crippen LogP contribution in [0.2, 0.25) is 0 Å². The normalized spacial score (nSPS) is 21.7. The first-order chi connectivity index (χ1) is 9.94. The Morgan fingerprint density at radius 2 is 2.14 bits per heavy atom. The Labute approximate surface area is 124 Å². The van der Waals surface area contributed by atoms with Crippen molar-refractivity contribution in [1.29, 1.82) is 0 Å². The monoisotopic (exact) mass is 286 g/mol. The lowest BCUT2D eigenvalue weighted by atomic mass is 9.89. The predicted molar refractivity (Wildman–Crippen MR) is 83.1 cm³/mol. The molecule has 2 aromatic rings. The number of para-hydroxylation sites is 1. The van der Waals surface area contributed by atoms with Gasteiger partial charge in [0, 0.05) is 16.9 Å². The number of aromatic nitrogens is 1. The molecule has 0 fully saturated rings. The van der Waals surface area contributed by atoms with Gasteiger partial charge in [-0.3, -0.25) is 4.79 Å². The van der Waals surface area contributed by atoms with Gasteiger partial charge >= 0.3 is 0 Å². The van der Waals surface area contributed by atoms with E-state index in [9.17, 15) is 4.79 Å². The predicted octanol–water partition coefficient (Wildman–Crippen LogP) is 2.89. The number of hydrogen-bond acceptors (Lipinski definition) is 2. The molecule has 1 unspecified atom stereocenters. The first kappa shape index (κ1) is 14.1. The van der Waals surface area contributed by atoms with E-state index in [4.69, 9.17) is 10.5 Å². The Kier molecular flexibility index (Phi) is 3.29. The molecule has 2 N–H and O–H groups in total. The number of benzene rings is 1. The zero-order chi connectivity index (χ0) is 15.2. The van der Waals surface area contributed by atoms with Gasteiger partial charge in [-0.05, 0) is 38.8 Å². The van der Waals surface area contributed by atoms with Gasteiger partial charge in [-0.25, -0.2) is 0 Å². The molecule has 0 aliphatic carbocycles. The number of carbonyl (C=O) groups is 1. The lowest BCUT2D eigenvalue weighted by Gasteiger charge is -2.36. The quantitative estimate of drug-likeness (QED) is 0.943. The van der Waals surface area contributed by atoms with Crippen LogP contribution in [0.15, 0.2) is 24.3 Å². The van der Waals surface area contributed by atoms with Crippen LogP contribution in [0.3, 0.4) is 0 Å². The third-order valence-corrected chi connectivity index (χ3v) is 4.32. The second-order valence-electron chi connectivity index (χ2n) is 6.28. The van der Waals surface area contributed by atoms with Gasteiger partial charge < -0.3 is 15.0 Å². The Hall–Kier alpha value is -1.81. The van der Waals surface area contributed by atoms with Gasteiger partial charge in [0.2, 0.25) is 5.91 Å². The highest BCUT2D eigenvalue weighted by Crippen LogP contribution is 2.42. The summed E-state index contributed by atoms with van der Waals surface area (Å²) in [5.74, 6) is -0.328. The summed E-state index contributed by atoms with van der Waals surface area (Å²) >= 11 is 0. The minimum atomic E-state index is -0.636. The Morgan fingerprint density at radius 3 is 2.81 bits per heavy atom. The van der Waals surface area contributed by atoms with Gasteiger partial charge in [0.1, 0.15) is 5.60 Å². The smallest absolute Gasteiger partial charge is 0.220 e.